The summed E-state index contributed by atoms with van der Waals surface area (Å²) in [6, 6.07) is 5.35. The Bertz CT molecular complexity index is 479. The standard InChI is InChI=1S/C14H19BrN2O2/c1-3-11-9-17(7-6-16(11)2)14(19)12-8-10(15)4-5-13(12)18/h4-5,8,11,18H,3,6-7,9H2,1-2H3. The van der Waals surface area contributed by atoms with Crippen LogP contribution in [0, 0.1) is 0 Å². The minimum atomic E-state index is -0.0923. The average Bonchev–Trinajstić information content (AvgIpc) is 2.41. The van der Waals surface area contributed by atoms with Crippen LogP contribution in [-0.2, 0) is 0 Å². The third-order valence-corrected chi connectivity index (χ3v) is 4.22. The van der Waals surface area contributed by atoms with E-state index in [1.165, 1.54) is 0 Å². The summed E-state index contributed by atoms with van der Waals surface area (Å²) in [5.41, 5.74) is 0.369. The number of carbonyl (C=O) groups is 1. The summed E-state index contributed by atoms with van der Waals surface area (Å²) in [7, 11) is 2.09. The fraction of sp³-hybridized carbons (Fsp3) is 0.500. The van der Waals surface area contributed by atoms with Crippen molar-refractivity contribution >= 4 is 21.8 Å². The maximum atomic E-state index is 12.5. The number of amides is 1. The van der Waals surface area contributed by atoms with Gasteiger partial charge in [0.25, 0.3) is 5.91 Å². The van der Waals surface area contributed by atoms with Crippen molar-refractivity contribution in [1.29, 1.82) is 0 Å². The molecular formula is C14H19BrN2O2. The number of phenols is 1. The van der Waals surface area contributed by atoms with Crippen molar-refractivity contribution in [3.8, 4) is 5.75 Å². The quantitative estimate of drug-likeness (QED) is 0.907. The van der Waals surface area contributed by atoms with E-state index in [4.69, 9.17) is 0 Å². The molecular weight excluding hydrogens is 308 g/mol. The summed E-state index contributed by atoms with van der Waals surface area (Å²) >= 11 is 3.33. The van der Waals surface area contributed by atoms with Gasteiger partial charge < -0.3 is 10.0 Å². The molecule has 5 heteroatoms. The molecule has 1 N–H and O–H groups in total. The van der Waals surface area contributed by atoms with E-state index < -0.39 is 0 Å². The highest BCUT2D eigenvalue weighted by Gasteiger charge is 2.27. The molecule has 1 unspecified atom stereocenters. The molecule has 0 aliphatic carbocycles. The van der Waals surface area contributed by atoms with Crippen molar-refractivity contribution in [2.75, 3.05) is 26.7 Å². The second kappa shape index (κ2) is 5.92. The average molecular weight is 327 g/mol. The van der Waals surface area contributed by atoms with Gasteiger partial charge >= 0.3 is 0 Å². The smallest absolute Gasteiger partial charge is 0.257 e. The fourth-order valence-electron chi connectivity index (χ4n) is 2.42. The molecule has 2 rings (SSSR count). The molecule has 0 aromatic heterocycles. The largest absolute Gasteiger partial charge is 0.507 e. The zero-order chi connectivity index (χ0) is 14.0. The van der Waals surface area contributed by atoms with Crippen molar-refractivity contribution in [2.45, 2.75) is 19.4 Å². The van der Waals surface area contributed by atoms with Crippen LogP contribution in [-0.4, -0.2) is 53.5 Å². The normalized spacial score (nSPS) is 20.6. The summed E-state index contributed by atoms with van der Waals surface area (Å²) in [5, 5.41) is 9.83. The molecule has 4 nitrogen and oxygen atoms in total. The highest BCUT2D eigenvalue weighted by atomic mass is 79.9. The maximum Gasteiger partial charge on any atom is 0.257 e. The van der Waals surface area contributed by atoms with E-state index in [1.807, 2.05) is 4.90 Å². The van der Waals surface area contributed by atoms with E-state index in [0.717, 1.165) is 24.0 Å². The predicted molar refractivity (Wildman–Crippen MR) is 78.4 cm³/mol. The first-order valence-corrected chi connectivity index (χ1v) is 7.30. The number of halogens is 1. The van der Waals surface area contributed by atoms with Gasteiger partial charge in [0.15, 0.2) is 0 Å². The van der Waals surface area contributed by atoms with Crippen LogP contribution in [0.2, 0.25) is 0 Å². The molecule has 0 spiro atoms. The Kier molecular flexibility index (Phi) is 4.47. The Morgan fingerprint density at radius 2 is 2.21 bits per heavy atom. The van der Waals surface area contributed by atoms with Gasteiger partial charge in [-0.2, -0.15) is 0 Å². The van der Waals surface area contributed by atoms with Crippen LogP contribution in [0.3, 0.4) is 0 Å². The molecule has 1 saturated heterocycles. The van der Waals surface area contributed by atoms with Crippen molar-refractivity contribution < 1.29 is 9.90 Å². The Morgan fingerprint density at radius 1 is 1.47 bits per heavy atom. The number of nitrogens with zero attached hydrogens (tertiary/aromatic N) is 2. The molecule has 0 bridgehead atoms. The lowest BCUT2D eigenvalue weighted by atomic mass is 10.1. The second-order valence-corrected chi connectivity index (χ2v) is 5.87. The molecule has 1 amide bonds. The van der Waals surface area contributed by atoms with Crippen LogP contribution in [0.1, 0.15) is 23.7 Å². The molecule has 1 fully saturated rings. The van der Waals surface area contributed by atoms with Crippen LogP contribution in [0.15, 0.2) is 22.7 Å². The zero-order valence-corrected chi connectivity index (χ0v) is 12.9. The van der Waals surface area contributed by atoms with Gasteiger partial charge in [-0.15, -0.1) is 0 Å². The number of benzene rings is 1. The first-order valence-electron chi connectivity index (χ1n) is 6.51. The molecule has 1 aliphatic heterocycles. The summed E-state index contributed by atoms with van der Waals surface area (Å²) in [4.78, 5) is 16.6. The Labute approximate surface area is 122 Å². The van der Waals surface area contributed by atoms with Gasteiger partial charge in [-0.3, -0.25) is 9.69 Å². The van der Waals surface area contributed by atoms with E-state index in [1.54, 1.807) is 18.2 Å². The van der Waals surface area contributed by atoms with Crippen LogP contribution in [0.25, 0.3) is 0 Å². The number of rotatable bonds is 2. The number of likely N-dealkylation sites (N-methyl/N-ethyl adjacent to an activating group) is 1. The van der Waals surface area contributed by atoms with E-state index in [2.05, 4.69) is 34.8 Å². The zero-order valence-electron chi connectivity index (χ0n) is 11.3. The first-order chi connectivity index (χ1) is 9.02. The number of phenolic OH excluding ortho intramolecular Hbond substituents is 1. The summed E-state index contributed by atoms with van der Waals surface area (Å²) in [5.74, 6) is -0.0504. The van der Waals surface area contributed by atoms with Gasteiger partial charge in [0.05, 0.1) is 5.56 Å². The minimum Gasteiger partial charge on any atom is -0.507 e. The Morgan fingerprint density at radius 3 is 2.89 bits per heavy atom. The van der Waals surface area contributed by atoms with E-state index in [9.17, 15) is 9.90 Å². The molecule has 1 atom stereocenters. The molecule has 1 aromatic carbocycles. The molecule has 0 saturated carbocycles. The van der Waals surface area contributed by atoms with Gasteiger partial charge in [-0.25, -0.2) is 0 Å². The number of hydrogen-bond donors (Lipinski definition) is 1. The topological polar surface area (TPSA) is 43.8 Å². The molecule has 1 aliphatic rings. The van der Waals surface area contributed by atoms with Crippen LogP contribution in [0.5, 0.6) is 5.75 Å². The van der Waals surface area contributed by atoms with Crippen LogP contribution >= 0.6 is 15.9 Å². The molecule has 104 valence electrons. The first kappa shape index (κ1) is 14.3. The third-order valence-electron chi connectivity index (χ3n) is 3.72. The maximum absolute atomic E-state index is 12.5. The highest BCUT2D eigenvalue weighted by Crippen LogP contribution is 2.24. The van der Waals surface area contributed by atoms with Crippen LogP contribution in [0.4, 0.5) is 0 Å². The van der Waals surface area contributed by atoms with Gasteiger partial charge in [0.1, 0.15) is 5.75 Å². The number of aromatic hydroxyl groups is 1. The molecule has 19 heavy (non-hydrogen) atoms. The lowest BCUT2D eigenvalue weighted by Gasteiger charge is -2.39. The monoisotopic (exact) mass is 326 g/mol. The number of piperazine rings is 1. The summed E-state index contributed by atoms with van der Waals surface area (Å²) in [6.07, 6.45) is 1.02. The van der Waals surface area contributed by atoms with E-state index in [-0.39, 0.29) is 11.7 Å². The minimum absolute atomic E-state index is 0.0418. The van der Waals surface area contributed by atoms with Gasteiger partial charge in [-0.05, 0) is 31.7 Å². The third kappa shape index (κ3) is 3.09. The fourth-order valence-corrected chi connectivity index (χ4v) is 2.78. The second-order valence-electron chi connectivity index (χ2n) is 4.96. The molecule has 1 aromatic rings. The van der Waals surface area contributed by atoms with Crippen molar-refractivity contribution in [2.24, 2.45) is 0 Å². The molecule has 1 heterocycles. The lowest BCUT2D eigenvalue weighted by molar-refractivity contribution is 0.0539. The van der Waals surface area contributed by atoms with E-state index >= 15 is 0 Å². The Hall–Kier alpha value is -1.07. The number of carbonyl (C=O) groups excluding carboxylic acids is 1. The summed E-state index contributed by atoms with van der Waals surface area (Å²) < 4.78 is 0.801. The predicted octanol–water partition coefficient (Wildman–Crippen LogP) is 2.32. The van der Waals surface area contributed by atoms with Crippen molar-refractivity contribution in [3.63, 3.8) is 0 Å². The van der Waals surface area contributed by atoms with Gasteiger partial charge in [0.2, 0.25) is 0 Å². The lowest BCUT2D eigenvalue weighted by Crippen LogP contribution is -2.52. The SMILES string of the molecule is CCC1CN(C(=O)c2cc(Br)ccc2O)CCN1C. The van der Waals surface area contributed by atoms with Crippen molar-refractivity contribution in [3.05, 3.63) is 28.2 Å². The number of hydrogen-bond acceptors (Lipinski definition) is 3. The Balaban J connectivity index is 2.18. The van der Waals surface area contributed by atoms with Gasteiger partial charge in [0, 0.05) is 30.1 Å². The van der Waals surface area contributed by atoms with Crippen LogP contribution < -0.4 is 0 Å². The van der Waals surface area contributed by atoms with Crippen molar-refractivity contribution in [1.82, 2.24) is 9.80 Å². The van der Waals surface area contributed by atoms with Gasteiger partial charge in [-0.1, -0.05) is 22.9 Å². The molecule has 0 radical (unpaired) electrons. The summed E-state index contributed by atoms with van der Waals surface area (Å²) in [6.45, 7) is 4.43. The highest BCUT2D eigenvalue weighted by molar-refractivity contribution is 9.10. The van der Waals surface area contributed by atoms with E-state index in [0.29, 0.717) is 18.2 Å².